The van der Waals surface area contributed by atoms with E-state index in [2.05, 4.69) is 18.8 Å². The number of rotatable bonds is 4. The SMILES string of the molecule is CC(C)c1nccn1-c1cccc(C2CCCN2C(=O)c2ccccc2)n1. The Morgan fingerprint density at radius 2 is 1.93 bits per heavy atom. The molecule has 4 rings (SSSR count). The van der Waals surface area contributed by atoms with Gasteiger partial charge in [-0.25, -0.2) is 9.97 Å². The van der Waals surface area contributed by atoms with E-state index in [0.29, 0.717) is 5.92 Å². The molecule has 0 bridgehead atoms. The average Bonchev–Trinajstić information content (AvgIpc) is 3.38. The summed E-state index contributed by atoms with van der Waals surface area (Å²) in [6.45, 7) is 5.02. The normalized spacial score (nSPS) is 16.9. The molecule has 138 valence electrons. The molecule has 0 radical (unpaired) electrons. The Morgan fingerprint density at radius 3 is 2.70 bits per heavy atom. The molecule has 1 atom stereocenters. The molecular weight excluding hydrogens is 336 g/mol. The van der Waals surface area contributed by atoms with Crippen molar-refractivity contribution >= 4 is 5.91 Å². The van der Waals surface area contributed by atoms with Gasteiger partial charge < -0.3 is 4.90 Å². The van der Waals surface area contributed by atoms with Crippen molar-refractivity contribution in [1.82, 2.24) is 19.4 Å². The van der Waals surface area contributed by atoms with Crippen LogP contribution < -0.4 is 0 Å². The van der Waals surface area contributed by atoms with Crippen LogP contribution in [0.4, 0.5) is 0 Å². The van der Waals surface area contributed by atoms with Crippen molar-refractivity contribution in [3.05, 3.63) is 78.0 Å². The van der Waals surface area contributed by atoms with Crippen molar-refractivity contribution in [2.45, 2.75) is 38.6 Å². The summed E-state index contributed by atoms with van der Waals surface area (Å²) in [6, 6.07) is 15.6. The molecule has 1 fully saturated rings. The Hall–Kier alpha value is -2.95. The second-order valence-corrected chi connectivity index (χ2v) is 7.25. The van der Waals surface area contributed by atoms with Gasteiger partial charge in [0.05, 0.1) is 11.7 Å². The number of benzene rings is 1. The molecular formula is C22H24N4O. The zero-order chi connectivity index (χ0) is 18.8. The first-order valence-electron chi connectivity index (χ1n) is 9.51. The Morgan fingerprint density at radius 1 is 1.11 bits per heavy atom. The second kappa shape index (κ2) is 7.35. The van der Waals surface area contributed by atoms with E-state index in [0.717, 1.165) is 42.3 Å². The van der Waals surface area contributed by atoms with Gasteiger partial charge in [0.1, 0.15) is 11.6 Å². The Kier molecular flexibility index (Phi) is 4.75. The summed E-state index contributed by atoms with van der Waals surface area (Å²) in [5.41, 5.74) is 1.68. The fourth-order valence-corrected chi connectivity index (χ4v) is 3.76. The molecule has 0 saturated carbocycles. The van der Waals surface area contributed by atoms with Gasteiger partial charge in [0.25, 0.3) is 5.91 Å². The first-order chi connectivity index (χ1) is 13.1. The third-order valence-electron chi connectivity index (χ3n) is 5.06. The van der Waals surface area contributed by atoms with Crippen LogP contribution in [0.5, 0.6) is 0 Å². The lowest BCUT2D eigenvalue weighted by atomic mass is 10.1. The molecule has 27 heavy (non-hydrogen) atoms. The van der Waals surface area contributed by atoms with Crippen molar-refractivity contribution in [2.24, 2.45) is 0 Å². The molecule has 1 aliphatic heterocycles. The third kappa shape index (κ3) is 3.37. The molecule has 1 unspecified atom stereocenters. The highest BCUT2D eigenvalue weighted by Gasteiger charge is 2.31. The molecule has 0 N–H and O–H groups in total. The van der Waals surface area contributed by atoms with Gasteiger partial charge in [-0.2, -0.15) is 0 Å². The molecule has 2 aromatic heterocycles. The molecule has 1 aromatic carbocycles. The number of nitrogens with zero attached hydrogens (tertiary/aromatic N) is 4. The van der Waals surface area contributed by atoms with Crippen LogP contribution in [0.1, 0.15) is 60.5 Å². The van der Waals surface area contributed by atoms with E-state index in [1.807, 2.05) is 70.4 Å². The summed E-state index contributed by atoms with van der Waals surface area (Å²) in [6.07, 6.45) is 5.70. The van der Waals surface area contributed by atoms with E-state index in [1.165, 1.54) is 0 Å². The van der Waals surface area contributed by atoms with Crippen LogP contribution in [0.3, 0.4) is 0 Å². The van der Waals surface area contributed by atoms with Gasteiger partial charge in [0.15, 0.2) is 0 Å². The van der Waals surface area contributed by atoms with E-state index in [1.54, 1.807) is 0 Å². The number of carbonyl (C=O) groups is 1. The van der Waals surface area contributed by atoms with Gasteiger partial charge in [-0.1, -0.05) is 38.1 Å². The first kappa shape index (κ1) is 17.5. The monoisotopic (exact) mass is 360 g/mol. The van der Waals surface area contributed by atoms with E-state index in [9.17, 15) is 4.79 Å². The summed E-state index contributed by atoms with van der Waals surface area (Å²) >= 11 is 0. The predicted molar refractivity (Wildman–Crippen MR) is 105 cm³/mol. The molecule has 3 heterocycles. The lowest BCUT2D eigenvalue weighted by Gasteiger charge is -2.25. The minimum Gasteiger partial charge on any atom is -0.330 e. The maximum absolute atomic E-state index is 13.0. The third-order valence-corrected chi connectivity index (χ3v) is 5.06. The summed E-state index contributed by atoms with van der Waals surface area (Å²) < 4.78 is 2.03. The maximum Gasteiger partial charge on any atom is 0.254 e. The highest BCUT2D eigenvalue weighted by atomic mass is 16.2. The van der Waals surface area contributed by atoms with Gasteiger partial charge in [0.2, 0.25) is 0 Å². The Bertz CT molecular complexity index is 932. The van der Waals surface area contributed by atoms with Crippen LogP contribution >= 0.6 is 0 Å². The van der Waals surface area contributed by atoms with Crippen LogP contribution in [0.15, 0.2) is 60.9 Å². The summed E-state index contributed by atoms with van der Waals surface area (Å²) in [5.74, 6) is 2.24. The van der Waals surface area contributed by atoms with Crippen LogP contribution in [-0.4, -0.2) is 31.9 Å². The molecule has 3 aromatic rings. The number of hydrogen-bond donors (Lipinski definition) is 0. The van der Waals surface area contributed by atoms with Crippen LogP contribution in [-0.2, 0) is 0 Å². The smallest absolute Gasteiger partial charge is 0.254 e. The summed E-state index contributed by atoms with van der Waals surface area (Å²) in [7, 11) is 0. The van der Waals surface area contributed by atoms with Gasteiger partial charge in [-0.15, -0.1) is 0 Å². The van der Waals surface area contributed by atoms with Crippen LogP contribution in [0.25, 0.3) is 5.82 Å². The highest BCUT2D eigenvalue weighted by molar-refractivity contribution is 5.94. The zero-order valence-corrected chi connectivity index (χ0v) is 15.7. The minimum atomic E-state index is 0.0173. The quantitative estimate of drug-likeness (QED) is 0.694. The highest BCUT2D eigenvalue weighted by Crippen LogP contribution is 2.32. The van der Waals surface area contributed by atoms with Gasteiger partial charge in [-0.05, 0) is 37.1 Å². The topological polar surface area (TPSA) is 51.0 Å². The summed E-state index contributed by atoms with van der Waals surface area (Å²) in [4.78, 5) is 24.3. The van der Waals surface area contributed by atoms with Crippen LogP contribution in [0.2, 0.25) is 0 Å². The lowest BCUT2D eigenvalue weighted by Crippen LogP contribution is -2.31. The van der Waals surface area contributed by atoms with E-state index >= 15 is 0 Å². The second-order valence-electron chi connectivity index (χ2n) is 7.25. The number of aromatic nitrogens is 3. The molecule has 0 aliphatic carbocycles. The first-order valence-corrected chi connectivity index (χ1v) is 9.51. The molecule has 5 nitrogen and oxygen atoms in total. The number of amides is 1. The molecule has 1 aliphatic rings. The van der Waals surface area contributed by atoms with Crippen molar-refractivity contribution in [2.75, 3.05) is 6.54 Å². The minimum absolute atomic E-state index is 0.0173. The van der Waals surface area contributed by atoms with E-state index < -0.39 is 0 Å². The fourth-order valence-electron chi connectivity index (χ4n) is 3.76. The van der Waals surface area contributed by atoms with Crippen molar-refractivity contribution in [1.29, 1.82) is 0 Å². The van der Waals surface area contributed by atoms with Gasteiger partial charge in [-0.3, -0.25) is 9.36 Å². The number of pyridine rings is 1. The van der Waals surface area contributed by atoms with Gasteiger partial charge >= 0.3 is 0 Å². The van der Waals surface area contributed by atoms with E-state index in [-0.39, 0.29) is 11.9 Å². The van der Waals surface area contributed by atoms with Crippen molar-refractivity contribution in [3.8, 4) is 5.82 Å². The standard InChI is InChI=1S/C22H24N4O/c1-16(2)21-23-13-15-26(21)20-12-6-10-18(24-20)19-11-7-14-25(19)22(27)17-8-4-3-5-9-17/h3-6,8-10,12-13,15-16,19H,7,11,14H2,1-2H3. The van der Waals surface area contributed by atoms with Crippen molar-refractivity contribution < 1.29 is 4.79 Å². The number of hydrogen-bond acceptors (Lipinski definition) is 3. The predicted octanol–water partition coefficient (Wildman–Crippen LogP) is 4.37. The van der Waals surface area contributed by atoms with Gasteiger partial charge in [0, 0.05) is 30.4 Å². The maximum atomic E-state index is 13.0. The van der Waals surface area contributed by atoms with Crippen LogP contribution in [0, 0.1) is 0 Å². The lowest BCUT2D eigenvalue weighted by molar-refractivity contribution is 0.0733. The van der Waals surface area contributed by atoms with E-state index in [4.69, 9.17) is 4.98 Å². The Balaban J connectivity index is 1.65. The Labute approximate surface area is 159 Å². The average molecular weight is 360 g/mol. The zero-order valence-electron chi connectivity index (χ0n) is 15.7. The molecule has 1 amide bonds. The molecule has 5 heteroatoms. The number of likely N-dealkylation sites (tertiary alicyclic amines) is 1. The fraction of sp³-hybridized carbons (Fsp3) is 0.318. The number of imidazole rings is 1. The van der Waals surface area contributed by atoms with Crippen molar-refractivity contribution in [3.63, 3.8) is 0 Å². The molecule has 0 spiro atoms. The summed E-state index contributed by atoms with van der Waals surface area (Å²) in [5, 5.41) is 0. The number of carbonyl (C=O) groups excluding carboxylic acids is 1. The molecule has 1 saturated heterocycles. The largest absolute Gasteiger partial charge is 0.330 e.